The minimum absolute atomic E-state index is 0.0807. The molecule has 1 saturated heterocycles. The number of piperidine rings is 1. The summed E-state index contributed by atoms with van der Waals surface area (Å²) >= 11 is 12.5. The molecule has 1 fully saturated rings. The SMILES string of the molecule is CCn1c(=O)c(-c2cccc(Cl)c2Cl)cn(CC(=O)N2CCC(N3CCc4ccccc4CC3=O)CC2)c1=O. The topological polar surface area (TPSA) is 84.6 Å². The van der Waals surface area contributed by atoms with Crippen LogP contribution >= 0.6 is 23.2 Å². The molecule has 10 heteroatoms. The summed E-state index contributed by atoms with van der Waals surface area (Å²) in [6, 6.07) is 13.1. The Bertz CT molecular complexity index is 1540. The van der Waals surface area contributed by atoms with Crippen molar-refractivity contribution in [2.45, 2.75) is 51.7 Å². The van der Waals surface area contributed by atoms with Crippen LogP contribution in [0.5, 0.6) is 0 Å². The lowest BCUT2D eigenvalue weighted by Gasteiger charge is -2.38. The van der Waals surface area contributed by atoms with E-state index in [4.69, 9.17) is 23.2 Å². The van der Waals surface area contributed by atoms with Crippen molar-refractivity contribution in [1.29, 1.82) is 0 Å². The highest BCUT2D eigenvalue weighted by Gasteiger charge is 2.31. The minimum Gasteiger partial charge on any atom is -0.341 e. The molecule has 0 spiro atoms. The predicted molar refractivity (Wildman–Crippen MR) is 151 cm³/mol. The summed E-state index contributed by atoms with van der Waals surface area (Å²) in [5, 5.41) is 0.503. The number of benzene rings is 2. The largest absolute Gasteiger partial charge is 0.341 e. The average molecular weight is 569 g/mol. The quantitative estimate of drug-likeness (QED) is 0.470. The average Bonchev–Trinajstić information content (AvgIpc) is 3.10. The van der Waals surface area contributed by atoms with E-state index in [0.717, 1.165) is 16.6 Å². The van der Waals surface area contributed by atoms with Gasteiger partial charge >= 0.3 is 5.69 Å². The van der Waals surface area contributed by atoms with Gasteiger partial charge in [0.05, 0.1) is 22.0 Å². The fourth-order valence-corrected chi connectivity index (χ4v) is 6.01. The molecule has 8 nitrogen and oxygen atoms in total. The molecule has 3 heterocycles. The smallest absolute Gasteiger partial charge is 0.331 e. The minimum atomic E-state index is -0.553. The fraction of sp³-hybridized carbons (Fsp3) is 0.379. The van der Waals surface area contributed by atoms with Gasteiger partial charge in [0.2, 0.25) is 11.8 Å². The number of halogens is 2. The molecular formula is C29H30Cl2N4O4. The van der Waals surface area contributed by atoms with Gasteiger partial charge in [0.25, 0.3) is 5.56 Å². The second kappa shape index (κ2) is 11.4. The molecule has 204 valence electrons. The van der Waals surface area contributed by atoms with Gasteiger partial charge < -0.3 is 9.80 Å². The predicted octanol–water partition coefficient (Wildman–Crippen LogP) is 3.62. The Labute approximate surface area is 236 Å². The first-order valence-corrected chi connectivity index (χ1v) is 14.0. The second-order valence-electron chi connectivity index (χ2n) is 10.00. The number of rotatable bonds is 5. The summed E-state index contributed by atoms with van der Waals surface area (Å²) in [6.45, 7) is 3.32. The Morgan fingerprint density at radius 1 is 0.923 bits per heavy atom. The van der Waals surface area contributed by atoms with Gasteiger partial charge in [-0.25, -0.2) is 4.79 Å². The van der Waals surface area contributed by atoms with Crippen LogP contribution in [0, 0.1) is 0 Å². The van der Waals surface area contributed by atoms with Gasteiger partial charge in [-0.1, -0.05) is 59.6 Å². The molecule has 0 N–H and O–H groups in total. The molecule has 2 aliphatic rings. The molecule has 1 aromatic heterocycles. The van der Waals surface area contributed by atoms with Crippen LogP contribution in [0.2, 0.25) is 10.0 Å². The van der Waals surface area contributed by atoms with E-state index in [2.05, 4.69) is 6.07 Å². The Hall–Kier alpha value is -3.36. The first-order valence-electron chi connectivity index (χ1n) is 13.2. The summed E-state index contributed by atoms with van der Waals surface area (Å²) in [7, 11) is 0. The van der Waals surface area contributed by atoms with Crippen molar-refractivity contribution >= 4 is 35.0 Å². The number of likely N-dealkylation sites (tertiary alicyclic amines) is 1. The second-order valence-corrected chi connectivity index (χ2v) is 10.8. The molecule has 39 heavy (non-hydrogen) atoms. The van der Waals surface area contributed by atoms with Crippen molar-refractivity contribution in [1.82, 2.24) is 18.9 Å². The Kier molecular flexibility index (Phi) is 7.96. The number of hydrogen-bond donors (Lipinski definition) is 0. The van der Waals surface area contributed by atoms with Crippen LogP contribution in [0.25, 0.3) is 11.1 Å². The van der Waals surface area contributed by atoms with Crippen molar-refractivity contribution in [3.63, 3.8) is 0 Å². The first-order chi connectivity index (χ1) is 18.8. The van der Waals surface area contributed by atoms with Gasteiger partial charge in [-0.2, -0.15) is 0 Å². The standard InChI is InChI=1S/C29H30Cl2N4O4/c1-2-34-28(38)23(22-8-5-9-24(30)27(22)31)17-33(29(34)39)18-26(37)32-13-11-21(12-14-32)35-15-10-19-6-3-4-7-20(19)16-25(35)36/h3-9,17,21H,2,10-16,18H2,1H3. The number of fused-ring (bicyclic) bond motifs is 1. The molecular weight excluding hydrogens is 539 g/mol. The Balaban J connectivity index is 1.30. The zero-order chi connectivity index (χ0) is 27.7. The number of hydrogen-bond acceptors (Lipinski definition) is 4. The molecule has 2 aliphatic heterocycles. The molecule has 0 bridgehead atoms. The Morgan fingerprint density at radius 2 is 1.64 bits per heavy atom. The molecule has 0 aliphatic carbocycles. The van der Waals surface area contributed by atoms with Crippen LogP contribution < -0.4 is 11.2 Å². The van der Waals surface area contributed by atoms with Crippen LogP contribution in [-0.2, 0) is 35.5 Å². The lowest BCUT2D eigenvalue weighted by atomic mass is 10.0. The number of carbonyl (C=O) groups is 2. The number of carbonyl (C=O) groups excluding carboxylic acids is 2. The molecule has 2 aromatic carbocycles. The zero-order valence-corrected chi connectivity index (χ0v) is 23.2. The van der Waals surface area contributed by atoms with E-state index < -0.39 is 11.2 Å². The van der Waals surface area contributed by atoms with Crippen molar-refractivity contribution in [2.24, 2.45) is 0 Å². The van der Waals surface area contributed by atoms with Crippen molar-refractivity contribution in [3.05, 3.63) is 90.7 Å². The summed E-state index contributed by atoms with van der Waals surface area (Å²) in [4.78, 5) is 56.1. The normalized spacial score (nSPS) is 16.2. The third-order valence-corrected chi connectivity index (χ3v) is 8.58. The van der Waals surface area contributed by atoms with Crippen LogP contribution in [0.1, 0.15) is 30.9 Å². The fourth-order valence-electron chi connectivity index (χ4n) is 5.61. The van der Waals surface area contributed by atoms with Gasteiger partial charge in [0.15, 0.2) is 0 Å². The van der Waals surface area contributed by atoms with Crippen LogP contribution in [0.15, 0.2) is 58.3 Å². The van der Waals surface area contributed by atoms with Gasteiger partial charge in [0, 0.05) is 44.0 Å². The highest BCUT2D eigenvalue weighted by molar-refractivity contribution is 6.43. The zero-order valence-electron chi connectivity index (χ0n) is 21.7. The summed E-state index contributed by atoms with van der Waals surface area (Å²) in [6.07, 6.45) is 3.99. The van der Waals surface area contributed by atoms with Crippen LogP contribution in [0.4, 0.5) is 0 Å². The van der Waals surface area contributed by atoms with Crippen molar-refractivity contribution in [2.75, 3.05) is 19.6 Å². The third kappa shape index (κ3) is 5.40. The van der Waals surface area contributed by atoms with E-state index in [9.17, 15) is 19.2 Å². The van der Waals surface area contributed by atoms with E-state index in [-0.39, 0.29) is 41.5 Å². The van der Waals surface area contributed by atoms with E-state index >= 15 is 0 Å². The van der Waals surface area contributed by atoms with E-state index in [1.54, 1.807) is 30.0 Å². The highest BCUT2D eigenvalue weighted by atomic mass is 35.5. The maximum Gasteiger partial charge on any atom is 0.331 e. The summed E-state index contributed by atoms with van der Waals surface area (Å²) in [5.74, 6) is -0.0834. The Morgan fingerprint density at radius 3 is 2.36 bits per heavy atom. The highest BCUT2D eigenvalue weighted by Crippen LogP contribution is 2.31. The molecule has 0 radical (unpaired) electrons. The van der Waals surface area contributed by atoms with Crippen molar-refractivity contribution < 1.29 is 9.59 Å². The van der Waals surface area contributed by atoms with Gasteiger partial charge in [0.1, 0.15) is 6.54 Å². The molecule has 2 amide bonds. The van der Waals surface area contributed by atoms with Gasteiger partial charge in [-0.3, -0.25) is 23.5 Å². The number of aromatic nitrogens is 2. The van der Waals surface area contributed by atoms with Crippen molar-refractivity contribution in [3.8, 4) is 11.1 Å². The van der Waals surface area contributed by atoms with E-state index in [0.29, 0.717) is 49.5 Å². The van der Waals surface area contributed by atoms with Crippen LogP contribution in [-0.4, -0.2) is 56.4 Å². The molecule has 0 unspecified atom stereocenters. The van der Waals surface area contributed by atoms with E-state index in [1.807, 2.05) is 23.1 Å². The van der Waals surface area contributed by atoms with Gasteiger partial charge in [-0.05, 0) is 43.4 Å². The first kappa shape index (κ1) is 27.2. The number of nitrogens with zero attached hydrogens (tertiary/aromatic N) is 4. The summed E-state index contributed by atoms with van der Waals surface area (Å²) in [5.41, 5.74) is 1.88. The molecule has 3 aromatic rings. The third-order valence-electron chi connectivity index (χ3n) is 7.76. The van der Waals surface area contributed by atoms with Gasteiger partial charge in [-0.15, -0.1) is 0 Å². The van der Waals surface area contributed by atoms with E-state index in [1.165, 1.54) is 16.3 Å². The number of amides is 2. The maximum atomic E-state index is 13.3. The summed E-state index contributed by atoms with van der Waals surface area (Å²) < 4.78 is 2.36. The molecule has 0 saturated carbocycles. The lowest BCUT2D eigenvalue weighted by molar-refractivity contribution is -0.136. The van der Waals surface area contributed by atoms with Crippen LogP contribution in [0.3, 0.4) is 0 Å². The molecule has 5 rings (SSSR count). The monoisotopic (exact) mass is 568 g/mol. The lowest BCUT2D eigenvalue weighted by Crippen LogP contribution is -2.50. The maximum absolute atomic E-state index is 13.3. The molecule has 0 atom stereocenters.